The van der Waals surface area contributed by atoms with E-state index < -0.39 is 29.7 Å². The first-order chi connectivity index (χ1) is 14.8. The highest BCUT2D eigenvalue weighted by Crippen LogP contribution is 2.33. The number of thioether (sulfide) groups is 1. The third kappa shape index (κ3) is 5.28. The normalized spacial score (nSPS) is 15.6. The number of carbonyl (C=O) groups excluding carboxylic acids is 4. The number of hydrogen-bond acceptors (Lipinski definition) is 7. The molecule has 0 aromatic heterocycles. The number of benzene rings is 2. The Labute approximate surface area is 181 Å². The van der Waals surface area contributed by atoms with Crippen LogP contribution >= 0.6 is 11.8 Å². The number of nitrogens with zero attached hydrogens (tertiary/aromatic N) is 1. The van der Waals surface area contributed by atoms with Crippen molar-refractivity contribution >= 4 is 47.1 Å². The Morgan fingerprint density at radius 1 is 1.16 bits per heavy atom. The summed E-state index contributed by atoms with van der Waals surface area (Å²) < 4.78 is 5.07. The van der Waals surface area contributed by atoms with Gasteiger partial charge in [-0.05, 0) is 30.3 Å². The van der Waals surface area contributed by atoms with Crippen molar-refractivity contribution in [1.82, 2.24) is 4.90 Å². The lowest BCUT2D eigenvalue weighted by Crippen LogP contribution is -2.26. The average molecular weight is 442 g/mol. The van der Waals surface area contributed by atoms with Crippen molar-refractivity contribution in [3.05, 3.63) is 59.7 Å². The zero-order valence-electron chi connectivity index (χ0n) is 16.4. The van der Waals surface area contributed by atoms with Crippen molar-refractivity contribution in [2.24, 2.45) is 0 Å². The summed E-state index contributed by atoms with van der Waals surface area (Å²) in [6, 6.07) is 12.1. The van der Waals surface area contributed by atoms with Gasteiger partial charge in [0, 0.05) is 24.1 Å². The van der Waals surface area contributed by atoms with E-state index in [9.17, 15) is 24.0 Å². The van der Waals surface area contributed by atoms with Crippen LogP contribution in [0.4, 0.5) is 5.69 Å². The summed E-state index contributed by atoms with van der Waals surface area (Å²) in [6.07, 6.45) is 0.0429. The summed E-state index contributed by atoms with van der Waals surface area (Å²) in [5, 5.41) is 10.8. The molecule has 2 aromatic carbocycles. The van der Waals surface area contributed by atoms with Crippen molar-refractivity contribution in [2.75, 3.05) is 19.0 Å². The topological polar surface area (TPSA) is 130 Å². The molecule has 1 fully saturated rings. The Balaban J connectivity index is 1.61. The Morgan fingerprint density at radius 2 is 1.90 bits per heavy atom. The van der Waals surface area contributed by atoms with Crippen molar-refractivity contribution < 1.29 is 33.8 Å². The highest BCUT2D eigenvalue weighted by molar-refractivity contribution is 8.00. The predicted molar refractivity (Wildman–Crippen MR) is 111 cm³/mol. The van der Waals surface area contributed by atoms with Crippen LogP contribution in [0.15, 0.2) is 53.4 Å². The summed E-state index contributed by atoms with van der Waals surface area (Å²) in [4.78, 5) is 60.9. The fourth-order valence-electron chi connectivity index (χ4n) is 2.84. The van der Waals surface area contributed by atoms with Crippen LogP contribution in [0.3, 0.4) is 0 Å². The Morgan fingerprint density at radius 3 is 2.58 bits per heavy atom. The standard InChI is InChI=1S/C21H18N2O7S/c1-23-18(25)10-16(19(23)26)31-15-8-3-2-7-14(15)21(29)30-11-17(24)22-13-6-4-5-12(9-13)20(27)28/h2-9,16H,10-11H2,1H3,(H,22,24)(H,27,28). The quantitative estimate of drug-likeness (QED) is 0.492. The first-order valence-corrected chi connectivity index (χ1v) is 10.0. The van der Waals surface area contributed by atoms with Crippen LogP contribution < -0.4 is 5.32 Å². The van der Waals surface area contributed by atoms with Crippen LogP contribution in [0.25, 0.3) is 0 Å². The van der Waals surface area contributed by atoms with E-state index in [0.29, 0.717) is 4.90 Å². The second kappa shape index (κ2) is 9.43. The maximum atomic E-state index is 12.5. The molecule has 10 heteroatoms. The van der Waals surface area contributed by atoms with Crippen LogP contribution in [0.2, 0.25) is 0 Å². The molecule has 0 bridgehead atoms. The SMILES string of the molecule is CN1C(=O)CC(Sc2ccccc2C(=O)OCC(=O)Nc2cccc(C(=O)O)c2)C1=O. The summed E-state index contributed by atoms with van der Waals surface area (Å²) in [5.41, 5.74) is 0.430. The molecule has 1 aliphatic heterocycles. The van der Waals surface area contributed by atoms with Crippen LogP contribution in [-0.4, -0.2) is 58.6 Å². The molecule has 1 atom stereocenters. The van der Waals surface area contributed by atoms with Crippen molar-refractivity contribution in [2.45, 2.75) is 16.6 Å². The number of anilines is 1. The fraction of sp³-hybridized carbons (Fsp3) is 0.190. The van der Waals surface area contributed by atoms with E-state index in [1.54, 1.807) is 18.2 Å². The maximum Gasteiger partial charge on any atom is 0.339 e. The molecule has 0 saturated carbocycles. The minimum absolute atomic E-state index is 0.00586. The smallest absolute Gasteiger partial charge is 0.339 e. The van der Waals surface area contributed by atoms with Gasteiger partial charge in [-0.1, -0.05) is 18.2 Å². The molecule has 0 spiro atoms. The zero-order valence-corrected chi connectivity index (χ0v) is 17.2. The third-order valence-corrected chi connectivity index (χ3v) is 5.71. The number of hydrogen-bond donors (Lipinski definition) is 2. The van der Waals surface area contributed by atoms with E-state index in [0.717, 1.165) is 16.7 Å². The first-order valence-electron chi connectivity index (χ1n) is 9.12. The summed E-state index contributed by atoms with van der Waals surface area (Å²) >= 11 is 1.09. The van der Waals surface area contributed by atoms with E-state index in [2.05, 4.69) is 5.32 Å². The maximum absolute atomic E-state index is 12.5. The molecule has 1 unspecified atom stereocenters. The van der Waals surface area contributed by atoms with Gasteiger partial charge in [0.25, 0.3) is 5.91 Å². The largest absolute Gasteiger partial charge is 0.478 e. The van der Waals surface area contributed by atoms with Gasteiger partial charge in [-0.15, -0.1) is 11.8 Å². The number of aromatic carboxylic acids is 1. The van der Waals surface area contributed by atoms with Crippen molar-refractivity contribution in [1.29, 1.82) is 0 Å². The van der Waals surface area contributed by atoms with Gasteiger partial charge in [0.15, 0.2) is 6.61 Å². The lowest BCUT2D eigenvalue weighted by atomic mass is 10.2. The second-order valence-corrected chi connectivity index (χ2v) is 7.85. The minimum Gasteiger partial charge on any atom is -0.478 e. The number of imide groups is 1. The molecule has 0 radical (unpaired) electrons. The molecule has 31 heavy (non-hydrogen) atoms. The number of rotatable bonds is 7. The summed E-state index contributed by atoms with van der Waals surface area (Å²) in [5.74, 6) is -3.15. The minimum atomic E-state index is -1.13. The number of likely N-dealkylation sites (tertiary alicyclic amines) is 1. The average Bonchev–Trinajstić information content (AvgIpc) is 2.99. The van der Waals surface area contributed by atoms with Gasteiger partial charge < -0.3 is 15.2 Å². The van der Waals surface area contributed by atoms with Gasteiger partial charge in [-0.25, -0.2) is 9.59 Å². The lowest BCUT2D eigenvalue weighted by molar-refractivity contribution is -0.136. The molecule has 2 aromatic rings. The molecule has 2 N–H and O–H groups in total. The highest BCUT2D eigenvalue weighted by Gasteiger charge is 2.37. The first kappa shape index (κ1) is 22.0. The number of nitrogens with one attached hydrogen (secondary N) is 1. The van der Waals surface area contributed by atoms with Crippen molar-refractivity contribution in [3.8, 4) is 0 Å². The Kier molecular flexibility index (Phi) is 6.71. The molecule has 1 saturated heterocycles. The van der Waals surface area contributed by atoms with E-state index in [-0.39, 0.29) is 35.0 Å². The molecule has 9 nitrogen and oxygen atoms in total. The van der Waals surface area contributed by atoms with E-state index in [4.69, 9.17) is 9.84 Å². The predicted octanol–water partition coefficient (Wildman–Crippen LogP) is 2.03. The molecule has 0 aliphatic carbocycles. The van der Waals surface area contributed by atoms with Gasteiger partial charge in [0.1, 0.15) is 0 Å². The van der Waals surface area contributed by atoms with Crippen LogP contribution in [0.1, 0.15) is 27.1 Å². The number of carboxylic acid groups (broad SMARTS) is 1. The number of esters is 1. The van der Waals surface area contributed by atoms with Crippen LogP contribution in [-0.2, 0) is 19.1 Å². The third-order valence-electron chi connectivity index (χ3n) is 4.44. The van der Waals surface area contributed by atoms with Crippen LogP contribution in [0, 0.1) is 0 Å². The van der Waals surface area contributed by atoms with Gasteiger partial charge in [0.2, 0.25) is 11.8 Å². The van der Waals surface area contributed by atoms with Gasteiger partial charge in [-0.2, -0.15) is 0 Å². The molecule has 1 aliphatic rings. The zero-order chi connectivity index (χ0) is 22.5. The number of carboxylic acids is 1. The summed E-state index contributed by atoms with van der Waals surface area (Å²) in [7, 11) is 1.41. The number of carbonyl (C=O) groups is 5. The second-order valence-electron chi connectivity index (χ2n) is 6.61. The molecule has 160 valence electrons. The Bertz CT molecular complexity index is 1070. The molecule has 3 rings (SSSR count). The van der Waals surface area contributed by atoms with Crippen LogP contribution in [0.5, 0.6) is 0 Å². The van der Waals surface area contributed by atoms with E-state index in [1.807, 2.05) is 0 Å². The fourth-order valence-corrected chi connectivity index (χ4v) is 4.07. The lowest BCUT2D eigenvalue weighted by Gasteiger charge is -2.12. The monoisotopic (exact) mass is 442 g/mol. The molecular formula is C21H18N2O7S. The van der Waals surface area contributed by atoms with Gasteiger partial charge >= 0.3 is 11.9 Å². The summed E-state index contributed by atoms with van der Waals surface area (Å²) in [6.45, 7) is -0.585. The van der Waals surface area contributed by atoms with Gasteiger partial charge in [0.05, 0.1) is 16.4 Å². The molecular weight excluding hydrogens is 424 g/mol. The number of amides is 3. The van der Waals surface area contributed by atoms with Crippen molar-refractivity contribution in [3.63, 3.8) is 0 Å². The highest BCUT2D eigenvalue weighted by atomic mass is 32.2. The van der Waals surface area contributed by atoms with E-state index >= 15 is 0 Å². The molecule has 3 amide bonds. The van der Waals surface area contributed by atoms with Gasteiger partial charge in [-0.3, -0.25) is 19.3 Å². The molecule has 1 heterocycles. The Hall–Kier alpha value is -3.66. The number of ether oxygens (including phenoxy) is 1. The van der Waals surface area contributed by atoms with E-state index in [1.165, 1.54) is 37.4 Å².